The summed E-state index contributed by atoms with van der Waals surface area (Å²) in [6, 6.07) is 5.81. The predicted octanol–water partition coefficient (Wildman–Crippen LogP) is 1.31. The lowest BCUT2D eigenvalue weighted by Gasteiger charge is -2.60. The number of hydrogen-bond donors (Lipinski definition) is 1. The highest BCUT2D eigenvalue weighted by Crippen LogP contribution is 2.61. The van der Waals surface area contributed by atoms with E-state index in [2.05, 4.69) is 0 Å². The van der Waals surface area contributed by atoms with Gasteiger partial charge in [-0.2, -0.15) is 15.8 Å². The first-order chi connectivity index (χ1) is 8.34. The molecule has 0 aromatic heterocycles. The molecular weight excluding hydrogens is 232 g/mol. The number of hydrogen-bond acceptors (Lipinski definition) is 6. The summed E-state index contributed by atoms with van der Waals surface area (Å²) < 4.78 is 11.0. The zero-order valence-corrected chi connectivity index (χ0v) is 10.3. The molecule has 0 amide bonds. The summed E-state index contributed by atoms with van der Waals surface area (Å²) in [5.41, 5.74) is -3.31. The summed E-state index contributed by atoms with van der Waals surface area (Å²) in [5.74, 6) is -2.21. The average molecular weight is 244 g/mol. The number of nitrogens with zero attached hydrogens (tertiary/aromatic N) is 3. The Morgan fingerprint density at radius 1 is 1.17 bits per heavy atom. The number of nitriles is 3. The van der Waals surface area contributed by atoms with Crippen LogP contribution in [0.5, 0.6) is 0 Å². The van der Waals surface area contributed by atoms with Gasteiger partial charge in [-0.05, 0) is 6.92 Å². The summed E-state index contributed by atoms with van der Waals surface area (Å²) >= 11 is 0. The van der Waals surface area contributed by atoms with Crippen LogP contribution in [0.2, 0.25) is 0 Å². The molecule has 2 bridgehead atoms. The maximum absolute atomic E-state index is 9.45. The molecule has 6 nitrogen and oxygen atoms in total. The van der Waals surface area contributed by atoms with Gasteiger partial charge in [-0.25, -0.2) is 0 Å². The van der Waals surface area contributed by atoms with Crippen LogP contribution in [-0.2, 0) is 9.47 Å². The topological polar surface area (TPSA) is 114 Å². The average Bonchev–Trinajstić information content (AvgIpc) is 2.32. The molecule has 3 heterocycles. The molecule has 0 aromatic carbocycles. The van der Waals surface area contributed by atoms with Crippen LogP contribution in [-0.4, -0.2) is 17.8 Å². The van der Waals surface area contributed by atoms with Gasteiger partial charge < -0.3 is 9.47 Å². The Labute approximate surface area is 105 Å². The zero-order chi connectivity index (χ0) is 13.8. The maximum Gasteiger partial charge on any atom is 0.214 e. The lowest BCUT2D eigenvalue weighted by Crippen LogP contribution is -2.73. The summed E-state index contributed by atoms with van der Waals surface area (Å²) in [6.45, 7) is 4.82. The molecule has 0 aliphatic carbocycles. The molecule has 18 heavy (non-hydrogen) atoms. The highest BCUT2D eigenvalue weighted by molar-refractivity contribution is 5.88. The van der Waals surface area contributed by atoms with Crippen LogP contribution in [0, 0.1) is 56.2 Å². The van der Waals surface area contributed by atoms with E-state index in [9.17, 15) is 15.8 Å². The molecule has 3 fully saturated rings. The Morgan fingerprint density at radius 2 is 1.72 bits per heavy atom. The second kappa shape index (κ2) is 3.22. The van der Waals surface area contributed by atoms with E-state index in [4.69, 9.17) is 14.9 Å². The lowest BCUT2D eigenvalue weighted by atomic mass is 9.52. The van der Waals surface area contributed by atoms with Gasteiger partial charge in [0.2, 0.25) is 11.7 Å². The molecule has 0 aromatic rings. The standard InChI is InChI=1S/C12H12N4O2/c1-7-10(3)17-8(2)12(6-15,9(16)18-10)11(7,4-13)5-14/h7-8,16H,1-3H3/t7-,8+,10-,12+/m0/s1. The van der Waals surface area contributed by atoms with Crippen LogP contribution in [0.25, 0.3) is 0 Å². The Hall–Kier alpha value is -2.10. The van der Waals surface area contributed by atoms with Gasteiger partial charge in [-0.1, -0.05) is 6.92 Å². The third-order valence-electron chi connectivity index (χ3n) is 4.27. The first kappa shape index (κ1) is 12.4. The third kappa shape index (κ3) is 0.929. The molecule has 0 radical (unpaired) electrons. The molecule has 3 aliphatic rings. The molecular formula is C12H12N4O2. The normalized spacial score (nSPS) is 44.3. The van der Waals surface area contributed by atoms with Gasteiger partial charge in [0.15, 0.2) is 10.8 Å². The van der Waals surface area contributed by atoms with Crippen LogP contribution in [0.1, 0.15) is 20.8 Å². The minimum Gasteiger partial charge on any atom is -0.448 e. The Bertz CT molecular complexity index is 538. The zero-order valence-electron chi connectivity index (χ0n) is 10.3. The van der Waals surface area contributed by atoms with Crippen molar-refractivity contribution in [2.24, 2.45) is 16.7 Å². The van der Waals surface area contributed by atoms with Gasteiger partial charge in [0.1, 0.15) is 0 Å². The fraction of sp³-hybridized carbons (Fsp3) is 0.667. The van der Waals surface area contributed by atoms with Crippen molar-refractivity contribution in [1.82, 2.24) is 0 Å². The van der Waals surface area contributed by atoms with Crippen molar-refractivity contribution in [3.05, 3.63) is 0 Å². The quantitative estimate of drug-likeness (QED) is 0.689. The summed E-state index contributed by atoms with van der Waals surface area (Å²) in [7, 11) is 0. The largest absolute Gasteiger partial charge is 0.448 e. The smallest absolute Gasteiger partial charge is 0.214 e. The Kier molecular flexibility index (Phi) is 2.21. The van der Waals surface area contributed by atoms with Gasteiger partial charge in [0.25, 0.3) is 0 Å². The van der Waals surface area contributed by atoms with Crippen molar-refractivity contribution < 1.29 is 9.47 Å². The van der Waals surface area contributed by atoms with E-state index in [-0.39, 0.29) is 5.90 Å². The van der Waals surface area contributed by atoms with Crippen LogP contribution < -0.4 is 0 Å². The molecule has 3 rings (SSSR count). The van der Waals surface area contributed by atoms with Crippen molar-refractivity contribution in [1.29, 1.82) is 21.2 Å². The summed E-state index contributed by atoms with van der Waals surface area (Å²) in [4.78, 5) is 0. The first-order valence-electron chi connectivity index (χ1n) is 5.54. The van der Waals surface area contributed by atoms with Gasteiger partial charge >= 0.3 is 0 Å². The second-order valence-electron chi connectivity index (χ2n) is 4.88. The van der Waals surface area contributed by atoms with E-state index >= 15 is 0 Å². The highest BCUT2D eigenvalue weighted by atomic mass is 16.7. The molecule has 4 atom stereocenters. The van der Waals surface area contributed by atoms with Crippen molar-refractivity contribution >= 4 is 5.90 Å². The number of nitrogens with one attached hydrogen (secondary N) is 1. The highest BCUT2D eigenvalue weighted by Gasteiger charge is 2.76. The van der Waals surface area contributed by atoms with Gasteiger partial charge in [0.05, 0.1) is 30.2 Å². The number of ether oxygens (including phenoxy) is 2. The van der Waals surface area contributed by atoms with Crippen LogP contribution in [0.3, 0.4) is 0 Å². The minimum absolute atomic E-state index is 0.354. The van der Waals surface area contributed by atoms with E-state index in [0.717, 1.165) is 0 Å². The molecule has 6 heteroatoms. The molecule has 0 saturated carbocycles. The van der Waals surface area contributed by atoms with Gasteiger partial charge in [0, 0.05) is 6.92 Å². The van der Waals surface area contributed by atoms with Crippen LogP contribution in [0.15, 0.2) is 0 Å². The number of fused-ring (bicyclic) bond motifs is 3. The Morgan fingerprint density at radius 3 is 2.11 bits per heavy atom. The van der Waals surface area contributed by atoms with Gasteiger partial charge in [-0.15, -0.1) is 0 Å². The fourth-order valence-electron chi connectivity index (χ4n) is 2.98. The van der Waals surface area contributed by atoms with Gasteiger partial charge in [-0.3, -0.25) is 5.41 Å². The van der Waals surface area contributed by atoms with E-state index in [1.165, 1.54) is 0 Å². The maximum atomic E-state index is 9.45. The molecule has 92 valence electrons. The second-order valence-corrected chi connectivity index (χ2v) is 4.88. The molecule has 0 unspecified atom stereocenters. The minimum atomic E-state index is -1.67. The van der Waals surface area contributed by atoms with Crippen molar-refractivity contribution in [3.63, 3.8) is 0 Å². The lowest BCUT2D eigenvalue weighted by molar-refractivity contribution is -0.331. The molecule has 1 N–H and O–H groups in total. The van der Waals surface area contributed by atoms with Crippen molar-refractivity contribution in [3.8, 4) is 18.2 Å². The van der Waals surface area contributed by atoms with E-state index < -0.39 is 28.6 Å². The number of rotatable bonds is 0. The third-order valence-corrected chi connectivity index (χ3v) is 4.27. The van der Waals surface area contributed by atoms with Crippen molar-refractivity contribution in [2.75, 3.05) is 0 Å². The Balaban J connectivity index is 2.82. The van der Waals surface area contributed by atoms with Crippen molar-refractivity contribution in [2.45, 2.75) is 32.7 Å². The predicted molar refractivity (Wildman–Crippen MR) is 58.6 cm³/mol. The van der Waals surface area contributed by atoms with E-state index in [1.54, 1.807) is 20.8 Å². The first-order valence-corrected chi connectivity index (χ1v) is 5.54. The SMILES string of the molecule is C[C@@H]1C(C#N)(C#N)[C@@]2(C#N)C(=N)O[C@]1(C)O[C@@H]2C. The molecule has 3 aliphatic heterocycles. The van der Waals surface area contributed by atoms with E-state index in [1.807, 2.05) is 18.2 Å². The molecule has 3 saturated heterocycles. The summed E-state index contributed by atoms with van der Waals surface area (Å²) in [6.07, 6.45) is -0.746. The monoisotopic (exact) mass is 244 g/mol. The summed E-state index contributed by atoms with van der Waals surface area (Å²) in [5, 5.41) is 36.3. The molecule has 0 spiro atoms. The fourth-order valence-corrected chi connectivity index (χ4v) is 2.98. The van der Waals surface area contributed by atoms with Crippen LogP contribution >= 0.6 is 0 Å². The van der Waals surface area contributed by atoms with Crippen LogP contribution in [0.4, 0.5) is 0 Å². The van der Waals surface area contributed by atoms with E-state index in [0.29, 0.717) is 0 Å².